The number of hydrogen-bond acceptors (Lipinski definition) is 2. The monoisotopic (exact) mass is 316 g/mol. The highest BCUT2D eigenvalue weighted by atomic mass is 19.4. The number of hydrogen-bond donors (Lipinski definition) is 2. The third kappa shape index (κ3) is 3.27. The summed E-state index contributed by atoms with van der Waals surface area (Å²) >= 11 is 0. The zero-order chi connectivity index (χ0) is 15.7. The number of nitrogens with one attached hydrogen (secondary N) is 2. The standard InChI is InChI=1S/C16H20F4N2/c17-14-5-3-10(8-13(14)16(18,19)20)12-4-6-15(12)22-9-11-2-1-7-21-11/h3,5,8,11-12,15,21-22H,1-2,4,6-7,9H2/t11-,12?,15?/m0/s1. The van der Waals surface area contributed by atoms with Gasteiger partial charge >= 0.3 is 6.18 Å². The summed E-state index contributed by atoms with van der Waals surface area (Å²) in [6.07, 6.45) is -0.526. The van der Waals surface area contributed by atoms with E-state index in [9.17, 15) is 17.6 Å². The molecular weight excluding hydrogens is 296 g/mol. The number of halogens is 4. The minimum absolute atomic E-state index is 0.0445. The van der Waals surface area contributed by atoms with Crippen LogP contribution in [0.25, 0.3) is 0 Å². The Morgan fingerprint density at radius 2 is 2.00 bits per heavy atom. The SMILES string of the molecule is Fc1ccc(C2CCC2NC[C@@H]2CCCN2)cc1C(F)(F)F. The minimum atomic E-state index is -4.64. The van der Waals surface area contributed by atoms with Crippen molar-refractivity contribution in [2.45, 2.75) is 49.9 Å². The first-order chi connectivity index (χ1) is 10.4. The molecule has 0 radical (unpaired) electrons. The quantitative estimate of drug-likeness (QED) is 0.832. The maximum Gasteiger partial charge on any atom is 0.419 e. The second kappa shape index (κ2) is 6.16. The summed E-state index contributed by atoms with van der Waals surface area (Å²) in [6, 6.07) is 4.04. The fourth-order valence-electron chi connectivity index (χ4n) is 3.36. The molecule has 0 bridgehead atoms. The molecule has 1 saturated carbocycles. The summed E-state index contributed by atoms with van der Waals surface area (Å²) < 4.78 is 51.8. The predicted octanol–water partition coefficient (Wildman–Crippen LogP) is 3.43. The highest BCUT2D eigenvalue weighted by Crippen LogP contribution is 2.40. The fraction of sp³-hybridized carbons (Fsp3) is 0.625. The van der Waals surface area contributed by atoms with E-state index in [1.165, 1.54) is 12.5 Å². The van der Waals surface area contributed by atoms with Crippen molar-refractivity contribution in [3.05, 3.63) is 35.1 Å². The lowest BCUT2D eigenvalue weighted by Gasteiger charge is -2.38. The van der Waals surface area contributed by atoms with E-state index < -0.39 is 17.6 Å². The maximum atomic E-state index is 13.4. The van der Waals surface area contributed by atoms with Gasteiger partial charge < -0.3 is 10.6 Å². The van der Waals surface area contributed by atoms with Crippen molar-refractivity contribution in [3.8, 4) is 0 Å². The van der Waals surface area contributed by atoms with Gasteiger partial charge in [-0.15, -0.1) is 0 Å². The van der Waals surface area contributed by atoms with Crippen molar-refractivity contribution in [1.29, 1.82) is 0 Å². The molecule has 3 rings (SSSR count). The van der Waals surface area contributed by atoms with E-state index in [2.05, 4.69) is 10.6 Å². The molecule has 2 unspecified atom stereocenters. The zero-order valence-corrected chi connectivity index (χ0v) is 12.2. The second-order valence-electron chi connectivity index (χ2n) is 6.23. The number of alkyl halides is 3. The summed E-state index contributed by atoms with van der Waals surface area (Å²) in [6.45, 7) is 1.88. The smallest absolute Gasteiger partial charge is 0.313 e. The Kier molecular flexibility index (Phi) is 4.41. The fourth-order valence-corrected chi connectivity index (χ4v) is 3.36. The lowest BCUT2D eigenvalue weighted by Crippen LogP contribution is -2.47. The van der Waals surface area contributed by atoms with Crippen molar-refractivity contribution in [2.24, 2.45) is 0 Å². The van der Waals surface area contributed by atoms with Crippen molar-refractivity contribution in [2.75, 3.05) is 13.1 Å². The first kappa shape index (κ1) is 15.7. The van der Waals surface area contributed by atoms with Crippen molar-refractivity contribution in [3.63, 3.8) is 0 Å². The molecule has 1 saturated heterocycles. The molecule has 0 spiro atoms. The zero-order valence-electron chi connectivity index (χ0n) is 12.2. The van der Waals surface area contributed by atoms with Crippen LogP contribution in [0.2, 0.25) is 0 Å². The van der Waals surface area contributed by atoms with E-state index >= 15 is 0 Å². The maximum absolute atomic E-state index is 13.4. The van der Waals surface area contributed by atoms with Gasteiger partial charge in [-0.25, -0.2) is 4.39 Å². The molecule has 1 aliphatic heterocycles. The molecule has 2 N–H and O–H groups in total. The van der Waals surface area contributed by atoms with Crippen molar-refractivity contribution in [1.82, 2.24) is 10.6 Å². The number of rotatable bonds is 4. The van der Waals surface area contributed by atoms with Gasteiger partial charge in [0.25, 0.3) is 0 Å². The Balaban J connectivity index is 1.66. The molecule has 2 fully saturated rings. The predicted molar refractivity (Wildman–Crippen MR) is 76.2 cm³/mol. The van der Waals surface area contributed by atoms with Crippen molar-refractivity contribution >= 4 is 0 Å². The molecule has 3 atom stereocenters. The molecule has 2 nitrogen and oxygen atoms in total. The van der Waals surface area contributed by atoms with Crippen LogP contribution in [0.5, 0.6) is 0 Å². The van der Waals surface area contributed by atoms with Gasteiger partial charge in [-0.2, -0.15) is 13.2 Å². The Bertz CT molecular complexity index is 523. The average molecular weight is 316 g/mol. The van der Waals surface area contributed by atoms with E-state index in [-0.39, 0.29) is 12.0 Å². The van der Waals surface area contributed by atoms with Crippen LogP contribution in [0.1, 0.15) is 42.7 Å². The Morgan fingerprint density at radius 3 is 2.59 bits per heavy atom. The van der Waals surface area contributed by atoms with Crippen LogP contribution in [-0.4, -0.2) is 25.2 Å². The molecule has 1 aromatic carbocycles. The van der Waals surface area contributed by atoms with E-state index in [1.54, 1.807) is 0 Å². The van der Waals surface area contributed by atoms with Crippen LogP contribution in [0.4, 0.5) is 17.6 Å². The third-order valence-electron chi connectivity index (χ3n) is 4.79. The lowest BCUT2D eigenvalue weighted by atomic mass is 9.74. The van der Waals surface area contributed by atoms with Crippen LogP contribution in [0.3, 0.4) is 0 Å². The van der Waals surface area contributed by atoms with Crippen LogP contribution < -0.4 is 10.6 Å². The van der Waals surface area contributed by atoms with Gasteiger partial charge in [-0.3, -0.25) is 0 Å². The van der Waals surface area contributed by atoms with Gasteiger partial charge in [0, 0.05) is 18.6 Å². The first-order valence-electron chi connectivity index (χ1n) is 7.78. The molecule has 22 heavy (non-hydrogen) atoms. The van der Waals surface area contributed by atoms with Crippen LogP contribution in [0, 0.1) is 5.82 Å². The highest BCUT2D eigenvalue weighted by molar-refractivity contribution is 5.32. The van der Waals surface area contributed by atoms with Gasteiger partial charge in [0.1, 0.15) is 5.82 Å². The molecule has 1 aliphatic carbocycles. The van der Waals surface area contributed by atoms with Gasteiger partial charge in [-0.1, -0.05) is 6.07 Å². The Labute approximate surface area is 127 Å². The lowest BCUT2D eigenvalue weighted by molar-refractivity contribution is -0.140. The molecule has 2 aliphatic rings. The van der Waals surface area contributed by atoms with Crippen LogP contribution in [-0.2, 0) is 6.18 Å². The topological polar surface area (TPSA) is 24.1 Å². The molecule has 122 valence electrons. The van der Waals surface area contributed by atoms with Gasteiger partial charge in [-0.05, 0) is 55.8 Å². The summed E-state index contributed by atoms with van der Waals surface area (Å²) in [5.74, 6) is -1.15. The average Bonchev–Trinajstić information content (AvgIpc) is 2.92. The minimum Gasteiger partial charge on any atom is -0.313 e. The summed E-state index contributed by atoms with van der Waals surface area (Å²) in [7, 11) is 0. The van der Waals surface area contributed by atoms with E-state index in [4.69, 9.17) is 0 Å². The third-order valence-corrected chi connectivity index (χ3v) is 4.79. The Morgan fingerprint density at radius 1 is 1.18 bits per heavy atom. The van der Waals surface area contributed by atoms with Crippen molar-refractivity contribution < 1.29 is 17.6 Å². The molecular formula is C16H20F4N2. The Hall–Kier alpha value is -1.14. The number of benzene rings is 1. The molecule has 1 heterocycles. The molecule has 1 aromatic rings. The normalized spacial score (nSPS) is 28.6. The largest absolute Gasteiger partial charge is 0.419 e. The van der Waals surface area contributed by atoms with E-state index in [0.29, 0.717) is 11.6 Å². The molecule has 0 aromatic heterocycles. The second-order valence-corrected chi connectivity index (χ2v) is 6.23. The molecule has 6 heteroatoms. The van der Waals surface area contributed by atoms with Crippen LogP contribution in [0.15, 0.2) is 18.2 Å². The van der Waals surface area contributed by atoms with E-state index in [0.717, 1.165) is 44.5 Å². The highest BCUT2D eigenvalue weighted by Gasteiger charge is 2.37. The van der Waals surface area contributed by atoms with Gasteiger partial charge in [0.2, 0.25) is 0 Å². The van der Waals surface area contributed by atoms with Gasteiger partial charge in [0.05, 0.1) is 5.56 Å². The first-order valence-corrected chi connectivity index (χ1v) is 7.78. The summed E-state index contributed by atoms with van der Waals surface area (Å²) in [4.78, 5) is 0. The molecule has 0 amide bonds. The van der Waals surface area contributed by atoms with Gasteiger partial charge in [0.15, 0.2) is 0 Å². The summed E-state index contributed by atoms with van der Waals surface area (Å²) in [5, 5.41) is 6.84. The van der Waals surface area contributed by atoms with Crippen LogP contribution >= 0.6 is 0 Å². The van der Waals surface area contributed by atoms with E-state index in [1.807, 2.05) is 0 Å². The summed E-state index contributed by atoms with van der Waals surface area (Å²) in [5.41, 5.74) is -0.579.